The lowest BCUT2D eigenvalue weighted by Crippen LogP contribution is -2.44. The van der Waals surface area contributed by atoms with Crippen LogP contribution in [0.5, 0.6) is 0 Å². The molecule has 2 aromatic carbocycles. The molecule has 2 rings (SSSR count). The third kappa shape index (κ3) is 6.97. The molecule has 1 atom stereocenters. The summed E-state index contributed by atoms with van der Waals surface area (Å²) >= 11 is 0. The van der Waals surface area contributed by atoms with Gasteiger partial charge in [0.05, 0.1) is 6.04 Å². The van der Waals surface area contributed by atoms with Gasteiger partial charge in [-0.1, -0.05) is 108 Å². The Hall–Kier alpha value is -2.57. The van der Waals surface area contributed by atoms with Gasteiger partial charge < -0.3 is 5.32 Å². The second-order valence-electron chi connectivity index (χ2n) is 9.16. The van der Waals surface area contributed by atoms with Gasteiger partial charge in [-0.25, -0.2) is 0 Å². The molecule has 0 radical (unpaired) electrons. The maximum Gasteiger partial charge on any atom is 0.244 e. The zero-order valence-electron chi connectivity index (χ0n) is 19.9. The molecular weight excluding hydrogens is 394 g/mol. The molecule has 0 heterocycles. The molecule has 3 heteroatoms. The highest BCUT2D eigenvalue weighted by molar-refractivity contribution is 6.90. The van der Waals surface area contributed by atoms with Gasteiger partial charge >= 0.3 is 0 Å². The average Bonchev–Trinajstić information content (AvgIpc) is 2.73. The molecule has 0 unspecified atom stereocenters. The SMILES string of the molecule is CC(C)[Si](C#C[C@@H](Cc1ccccc1)NC(=O)/C=C/c1ccccc1)(C(C)C)C(C)C. The van der Waals surface area contributed by atoms with Gasteiger partial charge in [-0.2, -0.15) is 0 Å². The van der Waals surface area contributed by atoms with Crippen LogP contribution in [0.15, 0.2) is 66.7 Å². The van der Waals surface area contributed by atoms with Crippen molar-refractivity contribution in [3.05, 3.63) is 77.9 Å². The highest BCUT2D eigenvalue weighted by Gasteiger charge is 2.41. The molecule has 0 bridgehead atoms. The number of rotatable bonds is 8. The quantitative estimate of drug-likeness (QED) is 0.283. The summed E-state index contributed by atoms with van der Waals surface area (Å²) in [6, 6.07) is 19.9. The summed E-state index contributed by atoms with van der Waals surface area (Å²) in [7, 11) is -1.86. The van der Waals surface area contributed by atoms with E-state index in [-0.39, 0.29) is 11.9 Å². The number of hydrogen-bond acceptors (Lipinski definition) is 1. The highest BCUT2D eigenvalue weighted by Crippen LogP contribution is 2.40. The van der Waals surface area contributed by atoms with E-state index in [0.29, 0.717) is 23.0 Å². The van der Waals surface area contributed by atoms with Crippen LogP contribution < -0.4 is 5.32 Å². The topological polar surface area (TPSA) is 29.1 Å². The normalized spacial score (nSPS) is 12.8. The summed E-state index contributed by atoms with van der Waals surface area (Å²) in [6.07, 6.45) is 4.16. The monoisotopic (exact) mass is 431 g/mol. The van der Waals surface area contributed by atoms with Gasteiger partial charge in [-0.3, -0.25) is 4.79 Å². The third-order valence-electron chi connectivity index (χ3n) is 6.15. The first kappa shape index (κ1) is 24.7. The Labute approximate surface area is 190 Å². The van der Waals surface area contributed by atoms with Crippen LogP contribution in [0.25, 0.3) is 6.08 Å². The van der Waals surface area contributed by atoms with E-state index < -0.39 is 8.07 Å². The van der Waals surface area contributed by atoms with Crippen molar-refractivity contribution in [1.82, 2.24) is 5.32 Å². The summed E-state index contributed by atoms with van der Waals surface area (Å²) in [5, 5.41) is 3.15. The van der Waals surface area contributed by atoms with Crippen molar-refractivity contribution in [3.63, 3.8) is 0 Å². The second-order valence-corrected chi connectivity index (χ2v) is 14.7. The van der Waals surface area contributed by atoms with Gasteiger partial charge in [0.25, 0.3) is 0 Å². The molecule has 0 saturated carbocycles. The van der Waals surface area contributed by atoms with Crippen LogP contribution in [0.1, 0.15) is 52.7 Å². The predicted octanol–water partition coefficient (Wildman–Crippen LogP) is 6.65. The van der Waals surface area contributed by atoms with Crippen LogP contribution in [0.4, 0.5) is 0 Å². The molecule has 1 amide bonds. The van der Waals surface area contributed by atoms with Crippen LogP contribution in [-0.2, 0) is 11.2 Å². The minimum Gasteiger partial charge on any atom is -0.339 e. The van der Waals surface area contributed by atoms with Crippen molar-refractivity contribution in [1.29, 1.82) is 0 Å². The van der Waals surface area contributed by atoms with Crippen LogP contribution in [0, 0.1) is 11.5 Å². The van der Waals surface area contributed by atoms with E-state index in [2.05, 4.69) is 70.5 Å². The predicted molar refractivity (Wildman–Crippen MR) is 136 cm³/mol. The first-order valence-electron chi connectivity index (χ1n) is 11.4. The van der Waals surface area contributed by atoms with Gasteiger partial charge in [0, 0.05) is 12.5 Å². The molecule has 0 saturated heterocycles. The molecule has 31 heavy (non-hydrogen) atoms. The minimum absolute atomic E-state index is 0.106. The largest absolute Gasteiger partial charge is 0.339 e. The Morgan fingerprint density at radius 3 is 1.90 bits per heavy atom. The first-order chi connectivity index (χ1) is 14.8. The smallest absolute Gasteiger partial charge is 0.244 e. The number of nitrogens with one attached hydrogen (secondary N) is 1. The molecule has 0 aromatic heterocycles. The van der Waals surface area contributed by atoms with Crippen LogP contribution in [-0.4, -0.2) is 20.0 Å². The van der Waals surface area contributed by atoms with E-state index >= 15 is 0 Å². The molecule has 2 nitrogen and oxygen atoms in total. The fraction of sp³-hybridized carbons (Fsp3) is 0.393. The number of amides is 1. The van der Waals surface area contributed by atoms with E-state index in [1.54, 1.807) is 6.08 Å². The fourth-order valence-electron chi connectivity index (χ4n) is 4.59. The summed E-state index contributed by atoms with van der Waals surface area (Å²) in [6.45, 7) is 13.9. The van der Waals surface area contributed by atoms with Crippen molar-refractivity contribution in [2.24, 2.45) is 0 Å². The molecule has 0 spiro atoms. The maximum absolute atomic E-state index is 12.7. The van der Waals surface area contributed by atoms with Crippen LogP contribution >= 0.6 is 0 Å². The Kier molecular flexibility index (Phi) is 9.34. The van der Waals surface area contributed by atoms with Crippen LogP contribution in [0.3, 0.4) is 0 Å². The molecule has 164 valence electrons. The zero-order chi connectivity index (χ0) is 22.9. The van der Waals surface area contributed by atoms with Gasteiger partial charge in [0.15, 0.2) is 0 Å². The molecule has 0 aliphatic heterocycles. The highest BCUT2D eigenvalue weighted by atomic mass is 28.3. The van der Waals surface area contributed by atoms with Gasteiger partial charge in [0.1, 0.15) is 8.07 Å². The van der Waals surface area contributed by atoms with Gasteiger partial charge in [-0.05, 0) is 33.8 Å². The fourth-order valence-corrected chi connectivity index (χ4v) is 9.88. The molecule has 2 aromatic rings. The number of carbonyl (C=O) groups excluding carboxylic acids is 1. The Morgan fingerprint density at radius 2 is 1.39 bits per heavy atom. The summed E-state index contributed by atoms with van der Waals surface area (Å²) in [5.74, 6) is 3.42. The first-order valence-corrected chi connectivity index (χ1v) is 13.6. The van der Waals surface area contributed by atoms with E-state index in [1.807, 2.05) is 54.6 Å². The number of benzene rings is 2. The van der Waals surface area contributed by atoms with Crippen molar-refractivity contribution < 1.29 is 4.79 Å². The van der Waals surface area contributed by atoms with E-state index in [0.717, 1.165) is 5.56 Å². The molecule has 0 aliphatic carbocycles. The number of hydrogen-bond donors (Lipinski definition) is 1. The lowest BCUT2D eigenvalue weighted by atomic mass is 10.1. The van der Waals surface area contributed by atoms with E-state index in [9.17, 15) is 4.79 Å². The summed E-state index contributed by atoms with van der Waals surface area (Å²) in [4.78, 5) is 12.7. The van der Waals surface area contributed by atoms with Crippen molar-refractivity contribution in [2.75, 3.05) is 0 Å². The van der Waals surface area contributed by atoms with Crippen molar-refractivity contribution in [2.45, 2.75) is 70.6 Å². The van der Waals surface area contributed by atoms with E-state index in [4.69, 9.17) is 0 Å². The molecular formula is C28H37NOSi. The lowest BCUT2D eigenvalue weighted by molar-refractivity contribution is -0.116. The molecule has 1 N–H and O–H groups in total. The second kappa shape index (κ2) is 11.7. The Morgan fingerprint density at radius 1 is 0.871 bits per heavy atom. The van der Waals surface area contributed by atoms with Crippen LogP contribution in [0.2, 0.25) is 16.6 Å². The van der Waals surface area contributed by atoms with Gasteiger partial charge in [-0.15, -0.1) is 5.54 Å². The van der Waals surface area contributed by atoms with Crippen molar-refractivity contribution >= 4 is 20.1 Å². The maximum atomic E-state index is 12.7. The molecule has 0 aliphatic rings. The Balaban J connectivity index is 2.30. The third-order valence-corrected chi connectivity index (χ3v) is 12.5. The standard InChI is InChI=1S/C28H37NOSi/c1-22(2)31(23(3)4,24(5)6)20-19-27(21-26-15-11-8-12-16-26)29-28(30)18-17-25-13-9-7-10-14-25/h7-18,22-24,27H,21H2,1-6H3,(H,29,30)/b18-17+/t27-/m0/s1. The zero-order valence-corrected chi connectivity index (χ0v) is 20.9. The summed E-state index contributed by atoms with van der Waals surface area (Å²) < 4.78 is 0. The lowest BCUT2D eigenvalue weighted by Gasteiger charge is -2.38. The molecule has 0 fully saturated rings. The van der Waals surface area contributed by atoms with E-state index in [1.165, 1.54) is 5.56 Å². The Bertz CT molecular complexity index is 883. The average molecular weight is 432 g/mol. The number of carbonyl (C=O) groups is 1. The van der Waals surface area contributed by atoms with Gasteiger partial charge in [0.2, 0.25) is 5.91 Å². The minimum atomic E-state index is -1.86. The summed E-state index contributed by atoms with van der Waals surface area (Å²) in [5.41, 5.74) is 7.65. The van der Waals surface area contributed by atoms with Crippen molar-refractivity contribution in [3.8, 4) is 11.5 Å².